The van der Waals surface area contributed by atoms with E-state index in [2.05, 4.69) is 88.6 Å². The summed E-state index contributed by atoms with van der Waals surface area (Å²) in [4.78, 5) is 0. The summed E-state index contributed by atoms with van der Waals surface area (Å²) in [6, 6.07) is 36.2. The van der Waals surface area contributed by atoms with Crippen LogP contribution in [-0.4, -0.2) is 3.71 Å². The molecule has 0 saturated carbocycles. The molecular weight excluding hydrogens is 452 g/mol. The maximum Gasteiger partial charge on any atom is -0.0253 e. The van der Waals surface area contributed by atoms with Crippen molar-refractivity contribution in [3.8, 4) is 22.3 Å². The fourth-order valence-electron chi connectivity index (χ4n) is 4.00. The van der Waals surface area contributed by atoms with E-state index in [-0.39, 0.29) is 14.9 Å². The minimum absolute atomic E-state index is 0. The van der Waals surface area contributed by atoms with Crippen LogP contribution in [0.1, 0.15) is 29.2 Å². The second kappa shape index (κ2) is 11.9. The van der Waals surface area contributed by atoms with Crippen LogP contribution in [0.5, 0.6) is 0 Å². The van der Waals surface area contributed by atoms with E-state index in [0.717, 1.165) is 12.8 Å². The summed E-state index contributed by atoms with van der Waals surface area (Å²) < 4.78 is 2.09. The van der Waals surface area contributed by atoms with Crippen LogP contribution in [-0.2, 0) is 37.1 Å². The molecule has 0 fully saturated rings. The standard InChI is InChI=1S/2C13H9.C2H4.2CH3.Zr/c2*1-3-7-12-10(5-1)9-11-6-2-4-8-13(11)12;1-2;;;/h2*1-5,7-8H,9H2;1H,2H3;2*1H3;/q2*-1;;2*-1;. The third-order valence-electron chi connectivity index (χ3n) is 5.23. The first-order valence-electron chi connectivity index (χ1n) is 9.92. The summed E-state index contributed by atoms with van der Waals surface area (Å²) in [7, 11) is 0. The van der Waals surface area contributed by atoms with Crippen LogP contribution in [0.2, 0.25) is 0 Å². The third kappa shape index (κ3) is 5.47. The molecule has 0 nitrogen and oxygen atoms in total. The Bertz CT molecular complexity index is 964. The Kier molecular flexibility index (Phi) is 9.54. The molecule has 31 heavy (non-hydrogen) atoms. The largest absolute Gasteiger partial charge is 0.358 e. The summed E-state index contributed by atoms with van der Waals surface area (Å²) in [5.41, 5.74) is 11.0. The smallest absolute Gasteiger partial charge is 0.0253 e. The van der Waals surface area contributed by atoms with Gasteiger partial charge in [-0.25, -0.2) is 0 Å². The molecule has 0 atom stereocenters. The molecule has 0 saturated heterocycles. The van der Waals surface area contributed by atoms with E-state index < -0.39 is 0 Å². The van der Waals surface area contributed by atoms with E-state index in [1.807, 2.05) is 19.1 Å². The van der Waals surface area contributed by atoms with E-state index in [1.165, 1.54) is 68.7 Å². The normalized spacial score (nSPS) is 10.7. The van der Waals surface area contributed by atoms with Gasteiger partial charge in [-0.15, -0.1) is 11.1 Å². The van der Waals surface area contributed by atoms with Gasteiger partial charge in [0.15, 0.2) is 0 Å². The van der Waals surface area contributed by atoms with Gasteiger partial charge in [-0.2, -0.15) is 59.7 Å². The van der Waals surface area contributed by atoms with E-state index in [4.69, 9.17) is 0 Å². The van der Waals surface area contributed by atoms with Crippen LogP contribution in [0.3, 0.4) is 0 Å². The Balaban J connectivity index is 0.000000185. The molecule has 0 N–H and O–H groups in total. The van der Waals surface area contributed by atoms with Gasteiger partial charge in [0, 0.05) is 0 Å². The quantitative estimate of drug-likeness (QED) is 0.199. The fraction of sp³-hybridized carbons (Fsp3) is 0.100. The van der Waals surface area contributed by atoms with Gasteiger partial charge in [0.05, 0.1) is 0 Å². The van der Waals surface area contributed by atoms with Crippen molar-refractivity contribution < 1.29 is 24.2 Å². The summed E-state index contributed by atoms with van der Waals surface area (Å²) in [6.45, 7) is 2.04. The maximum atomic E-state index is 3.30. The molecule has 0 aromatic heterocycles. The van der Waals surface area contributed by atoms with Crippen molar-refractivity contribution in [3.63, 3.8) is 0 Å². The molecule has 0 radical (unpaired) electrons. The van der Waals surface area contributed by atoms with Crippen LogP contribution in [0.4, 0.5) is 0 Å². The number of rotatable bonds is 0. The van der Waals surface area contributed by atoms with Gasteiger partial charge < -0.3 is 14.9 Å². The fourth-order valence-corrected chi connectivity index (χ4v) is 4.00. The van der Waals surface area contributed by atoms with Gasteiger partial charge in [0.2, 0.25) is 0 Å². The van der Waals surface area contributed by atoms with Crippen LogP contribution < -0.4 is 0 Å². The molecule has 6 rings (SSSR count). The summed E-state index contributed by atoms with van der Waals surface area (Å²) in [5, 5.41) is 0. The molecule has 4 aromatic rings. The molecule has 0 aliphatic heterocycles. The van der Waals surface area contributed by atoms with Crippen molar-refractivity contribution in [2.45, 2.75) is 19.8 Å². The predicted octanol–water partition coefficient (Wildman–Crippen LogP) is 7.37. The zero-order valence-electron chi connectivity index (χ0n) is 18.6. The molecule has 156 valence electrons. The van der Waals surface area contributed by atoms with Crippen molar-refractivity contribution in [1.29, 1.82) is 0 Å². The number of hydrogen-bond donors (Lipinski definition) is 0. The Morgan fingerprint density at radius 1 is 0.613 bits per heavy atom. The SMILES string of the molecule is C[CH]=[Zr].[CH3-].[CH3-].[c-]1cccc2c1Cc1ccccc1-2.[c-]1cccc2c1Cc1ccccc1-2. The second-order valence-corrected chi connectivity index (χ2v) is 8.50. The van der Waals surface area contributed by atoms with Gasteiger partial charge in [-0.1, -0.05) is 70.8 Å². The summed E-state index contributed by atoms with van der Waals surface area (Å²) in [5.74, 6) is 0. The summed E-state index contributed by atoms with van der Waals surface area (Å²) >= 11 is 1.51. The Labute approximate surface area is 203 Å². The van der Waals surface area contributed by atoms with Gasteiger partial charge in [0.1, 0.15) is 0 Å². The monoisotopic (exact) mass is 478 g/mol. The minimum atomic E-state index is 0. The van der Waals surface area contributed by atoms with Crippen molar-refractivity contribution in [1.82, 2.24) is 0 Å². The third-order valence-corrected chi connectivity index (χ3v) is 5.23. The van der Waals surface area contributed by atoms with Gasteiger partial charge in [-0.3, -0.25) is 0 Å². The van der Waals surface area contributed by atoms with E-state index in [1.54, 1.807) is 0 Å². The molecule has 0 spiro atoms. The van der Waals surface area contributed by atoms with Crippen molar-refractivity contribution in [2.24, 2.45) is 0 Å². The van der Waals surface area contributed by atoms with E-state index in [0.29, 0.717) is 0 Å². The topological polar surface area (TPSA) is 0 Å². The first kappa shape index (κ1) is 24.9. The molecule has 4 aromatic carbocycles. The van der Waals surface area contributed by atoms with E-state index >= 15 is 0 Å². The molecular formula is C30H28Zr-4. The Morgan fingerprint density at radius 2 is 0.968 bits per heavy atom. The number of benzene rings is 4. The number of hydrogen-bond acceptors (Lipinski definition) is 0. The van der Waals surface area contributed by atoms with Crippen LogP contribution in [0.15, 0.2) is 84.9 Å². The zero-order valence-corrected chi connectivity index (χ0v) is 21.0. The van der Waals surface area contributed by atoms with Gasteiger partial charge in [-0.05, 0) is 12.8 Å². The molecule has 2 aliphatic rings. The van der Waals surface area contributed by atoms with Crippen LogP contribution in [0, 0.1) is 27.0 Å². The Hall–Kier alpha value is -2.37. The minimum Gasteiger partial charge on any atom is -0.358 e. The van der Waals surface area contributed by atoms with Gasteiger partial charge >= 0.3 is 34.9 Å². The molecule has 0 bridgehead atoms. The summed E-state index contributed by atoms with van der Waals surface area (Å²) in [6.07, 6.45) is 2.10. The van der Waals surface area contributed by atoms with Gasteiger partial charge in [0.25, 0.3) is 0 Å². The van der Waals surface area contributed by atoms with Crippen molar-refractivity contribution >= 4 is 3.71 Å². The molecule has 0 heterocycles. The van der Waals surface area contributed by atoms with Crippen molar-refractivity contribution in [3.05, 3.63) is 134 Å². The van der Waals surface area contributed by atoms with Crippen LogP contribution >= 0.6 is 0 Å². The molecule has 0 unspecified atom stereocenters. The molecule has 2 aliphatic carbocycles. The van der Waals surface area contributed by atoms with Crippen molar-refractivity contribution in [2.75, 3.05) is 0 Å². The first-order valence-corrected chi connectivity index (χ1v) is 11.3. The molecule has 0 amide bonds. The predicted molar refractivity (Wildman–Crippen MR) is 132 cm³/mol. The zero-order chi connectivity index (χ0) is 20.1. The first-order chi connectivity index (χ1) is 14.3. The number of fused-ring (bicyclic) bond motifs is 6. The van der Waals surface area contributed by atoms with Crippen LogP contribution in [0.25, 0.3) is 22.3 Å². The average Bonchev–Trinajstić information content (AvgIpc) is 3.33. The second-order valence-electron chi connectivity index (χ2n) is 7.08. The Morgan fingerprint density at radius 3 is 1.39 bits per heavy atom. The maximum absolute atomic E-state index is 3.30. The molecule has 1 heteroatoms. The van der Waals surface area contributed by atoms with E-state index in [9.17, 15) is 0 Å². The average molecular weight is 480 g/mol.